The lowest BCUT2D eigenvalue weighted by atomic mass is 9.75. The number of rotatable bonds is 8. The Morgan fingerprint density at radius 2 is 1.56 bits per heavy atom. The summed E-state index contributed by atoms with van der Waals surface area (Å²) in [4.78, 5) is 7.75. The number of nitrogens with zero attached hydrogens (tertiary/aromatic N) is 2. The topological polar surface area (TPSA) is 102 Å². The van der Waals surface area contributed by atoms with Crippen molar-refractivity contribution < 1.29 is 17.7 Å². The summed E-state index contributed by atoms with van der Waals surface area (Å²) in [6.45, 7) is 8.68. The van der Waals surface area contributed by atoms with Gasteiger partial charge in [-0.2, -0.15) is 0 Å². The summed E-state index contributed by atoms with van der Waals surface area (Å²) in [5, 5.41) is 3.35. The minimum Gasteiger partial charge on any atom is -0.399 e. The van der Waals surface area contributed by atoms with Crippen LogP contribution in [0.1, 0.15) is 33.3 Å². The van der Waals surface area contributed by atoms with Crippen LogP contribution in [0.5, 0.6) is 0 Å². The molecule has 2 heterocycles. The van der Waals surface area contributed by atoms with Crippen LogP contribution in [0.2, 0.25) is 10.3 Å². The molecule has 1 aliphatic rings. The van der Waals surface area contributed by atoms with Gasteiger partial charge in [0.25, 0.3) is 10.0 Å². The van der Waals surface area contributed by atoms with Crippen molar-refractivity contribution in [2.75, 3.05) is 16.6 Å². The molecular formula is C24H27BCl2N4O4S. The molecule has 0 unspecified atom stereocenters. The van der Waals surface area contributed by atoms with Gasteiger partial charge >= 0.3 is 7.12 Å². The molecule has 190 valence electrons. The molecule has 1 aliphatic heterocycles. The van der Waals surface area contributed by atoms with E-state index in [-0.39, 0.29) is 21.2 Å². The van der Waals surface area contributed by atoms with Crippen molar-refractivity contribution in [2.45, 2.75) is 50.2 Å². The lowest BCUT2D eigenvalue weighted by molar-refractivity contribution is 0.00578. The summed E-state index contributed by atoms with van der Waals surface area (Å²) in [7, 11) is -4.40. The van der Waals surface area contributed by atoms with Crippen LogP contribution in [0.25, 0.3) is 0 Å². The first-order chi connectivity index (χ1) is 16.9. The Bertz CT molecular complexity index is 1340. The summed E-state index contributed by atoms with van der Waals surface area (Å²) < 4.78 is 40.4. The van der Waals surface area contributed by atoms with Gasteiger partial charge in [0.15, 0.2) is 0 Å². The van der Waals surface area contributed by atoms with Gasteiger partial charge in [-0.05, 0) is 63.3 Å². The highest BCUT2D eigenvalue weighted by Crippen LogP contribution is 2.36. The quantitative estimate of drug-likeness (QED) is 0.314. The molecule has 0 spiro atoms. The van der Waals surface area contributed by atoms with Crippen LogP contribution in [-0.4, -0.2) is 43.3 Å². The molecule has 4 rings (SSSR count). The SMILES string of the molecule is CC1(C)OB(c2ccccc2CCNc2cccc(S(=O)(=O)Nc3nc(Cl)cc(Cl)n3)c2)OC1(C)C. The third-order valence-corrected chi connectivity index (χ3v) is 8.03. The Hall–Kier alpha value is -2.37. The van der Waals surface area contributed by atoms with Crippen molar-refractivity contribution in [1.82, 2.24) is 9.97 Å². The third kappa shape index (κ3) is 5.95. The maximum absolute atomic E-state index is 12.8. The largest absolute Gasteiger partial charge is 0.495 e. The average molecular weight is 549 g/mol. The normalized spacial score (nSPS) is 16.7. The number of hydrogen-bond acceptors (Lipinski definition) is 7. The van der Waals surface area contributed by atoms with Gasteiger partial charge in [0.05, 0.1) is 16.1 Å². The number of hydrogen-bond donors (Lipinski definition) is 2. The number of aromatic nitrogens is 2. The average Bonchev–Trinajstić information content (AvgIpc) is 3.00. The van der Waals surface area contributed by atoms with Crippen LogP contribution >= 0.6 is 23.2 Å². The summed E-state index contributed by atoms with van der Waals surface area (Å²) in [6, 6.07) is 15.8. The van der Waals surface area contributed by atoms with Crippen molar-refractivity contribution in [1.29, 1.82) is 0 Å². The van der Waals surface area contributed by atoms with Crippen LogP contribution < -0.4 is 15.5 Å². The van der Waals surface area contributed by atoms with Gasteiger partial charge in [0.2, 0.25) is 5.95 Å². The minimum absolute atomic E-state index is 0.0314. The molecule has 12 heteroatoms. The predicted molar refractivity (Wildman–Crippen MR) is 144 cm³/mol. The standard InChI is InChI=1S/C24H27BCl2N4O4S/c1-23(2)24(3,4)35-25(34-23)19-11-6-5-8-16(19)12-13-28-17-9-7-10-18(14-17)36(32,33)31-22-29-20(26)15-21(27)30-22/h5-11,14-15,28H,12-13H2,1-4H3,(H,29,30,31). The lowest BCUT2D eigenvalue weighted by Crippen LogP contribution is -2.41. The second kappa shape index (κ2) is 10.2. The summed E-state index contributed by atoms with van der Waals surface area (Å²) in [5.41, 5.74) is 1.87. The van der Waals surface area contributed by atoms with Gasteiger partial charge in [-0.15, -0.1) is 0 Å². The van der Waals surface area contributed by atoms with E-state index >= 15 is 0 Å². The fraction of sp³-hybridized carbons (Fsp3) is 0.333. The zero-order chi connectivity index (χ0) is 26.1. The van der Waals surface area contributed by atoms with Gasteiger partial charge < -0.3 is 14.6 Å². The van der Waals surface area contributed by atoms with E-state index in [0.717, 1.165) is 11.0 Å². The smallest absolute Gasteiger partial charge is 0.399 e. The van der Waals surface area contributed by atoms with Crippen molar-refractivity contribution >= 4 is 57.4 Å². The molecule has 2 aromatic carbocycles. The van der Waals surface area contributed by atoms with Crippen molar-refractivity contribution in [3.63, 3.8) is 0 Å². The van der Waals surface area contributed by atoms with Gasteiger partial charge in [0, 0.05) is 18.3 Å². The number of anilines is 2. The molecule has 3 aromatic rings. The van der Waals surface area contributed by atoms with Gasteiger partial charge in [-0.25, -0.2) is 23.1 Å². The maximum Gasteiger partial charge on any atom is 0.495 e. The van der Waals surface area contributed by atoms with Gasteiger partial charge in [-0.1, -0.05) is 53.5 Å². The number of sulfonamides is 1. The van der Waals surface area contributed by atoms with Crippen LogP contribution in [0.15, 0.2) is 59.5 Å². The first-order valence-corrected chi connectivity index (χ1v) is 13.6. The molecule has 0 aliphatic carbocycles. The summed E-state index contributed by atoms with van der Waals surface area (Å²) >= 11 is 11.7. The highest BCUT2D eigenvalue weighted by Gasteiger charge is 2.52. The zero-order valence-electron chi connectivity index (χ0n) is 20.4. The number of nitrogens with one attached hydrogen (secondary N) is 2. The fourth-order valence-corrected chi connectivity index (χ4v) is 5.10. The van der Waals surface area contributed by atoms with E-state index in [9.17, 15) is 8.42 Å². The monoisotopic (exact) mass is 548 g/mol. The lowest BCUT2D eigenvalue weighted by Gasteiger charge is -2.32. The van der Waals surface area contributed by atoms with Crippen LogP contribution in [-0.2, 0) is 25.8 Å². The molecule has 1 fully saturated rings. The predicted octanol–water partition coefficient (Wildman–Crippen LogP) is 4.54. The Labute approximate surface area is 221 Å². The fourth-order valence-electron chi connectivity index (χ4n) is 3.69. The molecule has 8 nitrogen and oxygen atoms in total. The van der Waals surface area contributed by atoms with Gasteiger partial charge in [-0.3, -0.25) is 0 Å². The Balaban J connectivity index is 1.43. The van der Waals surface area contributed by atoms with Crippen LogP contribution in [0, 0.1) is 0 Å². The molecule has 2 N–H and O–H groups in total. The molecule has 0 bridgehead atoms. The van der Waals surface area contributed by atoms with E-state index in [0.29, 0.717) is 18.7 Å². The van der Waals surface area contributed by atoms with E-state index in [1.165, 1.54) is 18.2 Å². The molecule has 0 amide bonds. The first-order valence-electron chi connectivity index (χ1n) is 11.4. The molecule has 0 atom stereocenters. The maximum atomic E-state index is 12.8. The third-order valence-electron chi connectivity index (χ3n) is 6.32. The Morgan fingerprint density at radius 3 is 2.22 bits per heavy atom. The molecular weight excluding hydrogens is 522 g/mol. The van der Waals surface area contributed by atoms with Crippen molar-refractivity contribution in [2.24, 2.45) is 0 Å². The minimum atomic E-state index is -3.95. The Morgan fingerprint density at radius 1 is 0.917 bits per heavy atom. The Kier molecular flexibility index (Phi) is 7.55. The van der Waals surface area contributed by atoms with E-state index < -0.39 is 28.3 Å². The number of halogens is 2. The van der Waals surface area contributed by atoms with Crippen LogP contribution in [0.3, 0.4) is 0 Å². The first kappa shape index (κ1) is 26.7. The van der Waals surface area contributed by atoms with Gasteiger partial charge in [0.1, 0.15) is 10.3 Å². The zero-order valence-corrected chi connectivity index (χ0v) is 22.7. The second-order valence-corrected chi connectivity index (χ2v) is 11.9. The van der Waals surface area contributed by atoms with Crippen LogP contribution in [0.4, 0.5) is 11.6 Å². The van der Waals surface area contributed by atoms with E-state index in [1.54, 1.807) is 12.1 Å². The van der Waals surface area contributed by atoms with Crippen molar-refractivity contribution in [3.05, 3.63) is 70.5 Å². The molecule has 1 saturated heterocycles. The van der Waals surface area contributed by atoms with E-state index in [2.05, 4.69) is 20.0 Å². The molecule has 1 aromatic heterocycles. The van der Waals surface area contributed by atoms with Crippen molar-refractivity contribution in [3.8, 4) is 0 Å². The number of benzene rings is 2. The summed E-state index contributed by atoms with van der Waals surface area (Å²) in [6.07, 6.45) is 0.685. The molecule has 0 radical (unpaired) electrons. The molecule has 36 heavy (non-hydrogen) atoms. The second-order valence-electron chi connectivity index (χ2n) is 9.43. The highest BCUT2D eigenvalue weighted by atomic mass is 35.5. The molecule has 0 saturated carbocycles. The highest BCUT2D eigenvalue weighted by molar-refractivity contribution is 7.92. The summed E-state index contributed by atoms with van der Waals surface area (Å²) in [5.74, 6) is -0.204. The van der Waals surface area contributed by atoms with E-state index in [4.69, 9.17) is 32.5 Å². The van der Waals surface area contributed by atoms with E-state index in [1.807, 2.05) is 52.0 Å².